The van der Waals surface area contributed by atoms with Crippen LogP contribution in [0.15, 0.2) is 18.2 Å². The Kier molecular flexibility index (Phi) is 5.78. The number of amides is 1. The van der Waals surface area contributed by atoms with Gasteiger partial charge in [0.05, 0.1) is 18.1 Å². The zero-order valence-electron chi connectivity index (χ0n) is 12.9. The van der Waals surface area contributed by atoms with Gasteiger partial charge in [-0.25, -0.2) is 4.39 Å². The molecule has 0 aliphatic carbocycles. The molecular weight excluding hydrogens is 307 g/mol. The van der Waals surface area contributed by atoms with Crippen LogP contribution in [0.5, 0.6) is 0 Å². The van der Waals surface area contributed by atoms with Crippen LogP contribution in [0.3, 0.4) is 0 Å². The maximum Gasteiger partial charge on any atom is 0.229 e. The minimum atomic E-state index is -0.513. The van der Waals surface area contributed by atoms with Crippen molar-refractivity contribution in [2.24, 2.45) is 5.41 Å². The summed E-state index contributed by atoms with van der Waals surface area (Å²) in [6.07, 6.45) is 1.47. The molecule has 122 valence electrons. The molecule has 1 unspecified atom stereocenters. The highest BCUT2D eigenvalue weighted by Gasteiger charge is 2.40. The molecule has 1 amide bonds. The van der Waals surface area contributed by atoms with E-state index >= 15 is 0 Å². The lowest BCUT2D eigenvalue weighted by Gasteiger charge is -2.36. The van der Waals surface area contributed by atoms with E-state index in [1.165, 1.54) is 12.1 Å². The molecule has 1 saturated heterocycles. The average molecular weight is 329 g/mol. The zero-order chi connectivity index (χ0) is 16.2. The highest BCUT2D eigenvalue weighted by molar-refractivity contribution is 6.31. The van der Waals surface area contributed by atoms with Gasteiger partial charge >= 0.3 is 0 Å². The van der Waals surface area contributed by atoms with Gasteiger partial charge in [0.25, 0.3) is 0 Å². The number of ether oxygens (including phenoxy) is 1. The Morgan fingerprint density at radius 3 is 2.77 bits per heavy atom. The fourth-order valence-corrected chi connectivity index (χ4v) is 3.23. The molecule has 1 aromatic carbocycles. The van der Waals surface area contributed by atoms with Crippen molar-refractivity contribution in [2.75, 3.05) is 26.8 Å². The maximum atomic E-state index is 13.1. The molecule has 1 aliphatic heterocycles. The van der Waals surface area contributed by atoms with Gasteiger partial charge < -0.3 is 15.4 Å². The second-order valence-electron chi connectivity index (χ2n) is 5.82. The molecule has 22 heavy (non-hydrogen) atoms. The van der Waals surface area contributed by atoms with Crippen LogP contribution in [0.25, 0.3) is 0 Å². The first kappa shape index (κ1) is 17.2. The molecular formula is C16H22ClFN2O2. The summed E-state index contributed by atoms with van der Waals surface area (Å²) in [6, 6.07) is 3.92. The predicted molar refractivity (Wildman–Crippen MR) is 84.4 cm³/mol. The summed E-state index contributed by atoms with van der Waals surface area (Å²) < 4.78 is 18.4. The molecule has 1 aliphatic rings. The SMILES string of the molecule is COCC1(C(=O)NC(C)c2ccc(F)cc2Cl)CCNCC1. The Morgan fingerprint density at radius 2 is 2.18 bits per heavy atom. The van der Waals surface area contributed by atoms with Crippen molar-refractivity contribution in [2.45, 2.75) is 25.8 Å². The maximum absolute atomic E-state index is 13.1. The van der Waals surface area contributed by atoms with Crippen LogP contribution in [0.2, 0.25) is 5.02 Å². The third-order valence-electron chi connectivity index (χ3n) is 4.24. The van der Waals surface area contributed by atoms with Crippen molar-refractivity contribution in [3.8, 4) is 0 Å². The largest absolute Gasteiger partial charge is 0.384 e. The first-order valence-corrected chi connectivity index (χ1v) is 7.82. The number of carbonyl (C=O) groups excluding carboxylic acids is 1. The molecule has 0 spiro atoms. The Hall–Kier alpha value is -1.17. The zero-order valence-corrected chi connectivity index (χ0v) is 13.7. The molecule has 2 rings (SSSR count). The van der Waals surface area contributed by atoms with Crippen molar-refractivity contribution in [1.29, 1.82) is 0 Å². The quantitative estimate of drug-likeness (QED) is 0.873. The van der Waals surface area contributed by atoms with E-state index in [9.17, 15) is 9.18 Å². The second kappa shape index (κ2) is 7.40. The fraction of sp³-hybridized carbons (Fsp3) is 0.562. The van der Waals surface area contributed by atoms with Gasteiger partial charge in [0.1, 0.15) is 5.82 Å². The van der Waals surface area contributed by atoms with Gasteiger partial charge in [0.15, 0.2) is 0 Å². The van der Waals surface area contributed by atoms with Gasteiger partial charge in [-0.1, -0.05) is 17.7 Å². The number of carbonyl (C=O) groups is 1. The number of benzene rings is 1. The van der Waals surface area contributed by atoms with Crippen molar-refractivity contribution in [1.82, 2.24) is 10.6 Å². The number of hydrogen-bond acceptors (Lipinski definition) is 3. The van der Waals surface area contributed by atoms with Crippen molar-refractivity contribution in [3.05, 3.63) is 34.6 Å². The summed E-state index contributed by atoms with van der Waals surface area (Å²) in [7, 11) is 1.61. The number of rotatable bonds is 5. The summed E-state index contributed by atoms with van der Waals surface area (Å²) in [4.78, 5) is 12.7. The minimum Gasteiger partial charge on any atom is -0.384 e. The van der Waals surface area contributed by atoms with E-state index in [-0.39, 0.29) is 17.8 Å². The summed E-state index contributed by atoms with van der Waals surface area (Å²) in [5.41, 5.74) is 0.193. The van der Waals surface area contributed by atoms with Gasteiger partial charge in [-0.3, -0.25) is 4.79 Å². The number of methoxy groups -OCH3 is 1. The van der Waals surface area contributed by atoms with E-state index in [0.717, 1.165) is 25.9 Å². The summed E-state index contributed by atoms with van der Waals surface area (Å²) in [5.74, 6) is -0.426. The van der Waals surface area contributed by atoms with Crippen LogP contribution in [0.4, 0.5) is 4.39 Å². The van der Waals surface area contributed by atoms with Gasteiger partial charge in [0.2, 0.25) is 5.91 Å². The number of piperidine rings is 1. The Labute approximate surface area is 135 Å². The summed E-state index contributed by atoms with van der Waals surface area (Å²) >= 11 is 6.06. The standard InChI is InChI=1S/C16H22ClFN2O2/c1-11(13-4-3-12(18)9-14(13)17)20-15(21)16(10-22-2)5-7-19-8-6-16/h3-4,9,11,19H,5-8,10H2,1-2H3,(H,20,21). The highest BCUT2D eigenvalue weighted by atomic mass is 35.5. The van der Waals surface area contributed by atoms with Crippen molar-refractivity contribution >= 4 is 17.5 Å². The lowest BCUT2D eigenvalue weighted by molar-refractivity contribution is -0.136. The summed E-state index contributed by atoms with van der Waals surface area (Å²) in [6.45, 7) is 3.83. The van der Waals surface area contributed by atoms with Crippen molar-refractivity contribution < 1.29 is 13.9 Å². The first-order valence-electron chi connectivity index (χ1n) is 7.44. The van der Waals surface area contributed by atoms with Crippen molar-refractivity contribution in [3.63, 3.8) is 0 Å². The van der Waals surface area contributed by atoms with E-state index < -0.39 is 5.41 Å². The fourth-order valence-electron chi connectivity index (χ4n) is 2.90. The van der Waals surface area contributed by atoms with Crippen LogP contribution in [-0.4, -0.2) is 32.7 Å². The topological polar surface area (TPSA) is 50.4 Å². The van der Waals surface area contributed by atoms with E-state index in [4.69, 9.17) is 16.3 Å². The first-order chi connectivity index (χ1) is 10.5. The van der Waals surface area contributed by atoms with Crippen LogP contribution < -0.4 is 10.6 Å². The van der Waals surface area contributed by atoms with Gasteiger partial charge in [0, 0.05) is 12.1 Å². The third kappa shape index (κ3) is 3.77. The molecule has 0 bridgehead atoms. The highest BCUT2D eigenvalue weighted by Crippen LogP contribution is 2.31. The lowest BCUT2D eigenvalue weighted by Crippen LogP contribution is -2.50. The van der Waals surface area contributed by atoms with E-state index in [0.29, 0.717) is 17.2 Å². The molecule has 0 radical (unpaired) electrons. The smallest absolute Gasteiger partial charge is 0.229 e. The molecule has 6 heteroatoms. The van der Waals surface area contributed by atoms with Gasteiger partial charge in [-0.05, 0) is 50.6 Å². The normalized spacial score (nSPS) is 18.7. The Balaban J connectivity index is 2.11. The van der Waals surface area contributed by atoms with Crippen LogP contribution >= 0.6 is 11.6 Å². The van der Waals surface area contributed by atoms with Crippen LogP contribution in [-0.2, 0) is 9.53 Å². The molecule has 2 N–H and O–H groups in total. The van der Waals surface area contributed by atoms with Crippen LogP contribution in [0, 0.1) is 11.2 Å². The van der Waals surface area contributed by atoms with E-state index in [2.05, 4.69) is 10.6 Å². The predicted octanol–water partition coefficient (Wildman–Crippen LogP) is 2.67. The molecule has 1 aromatic rings. The molecule has 0 saturated carbocycles. The van der Waals surface area contributed by atoms with Crippen LogP contribution in [0.1, 0.15) is 31.4 Å². The summed E-state index contributed by atoms with van der Waals surface area (Å²) in [5, 5.41) is 6.57. The monoisotopic (exact) mass is 328 g/mol. The van der Waals surface area contributed by atoms with E-state index in [1.54, 1.807) is 13.2 Å². The van der Waals surface area contributed by atoms with Gasteiger partial charge in [-0.2, -0.15) is 0 Å². The molecule has 1 heterocycles. The third-order valence-corrected chi connectivity index (χ3v) is 4.57. The Morgan fingerprint density at radius 1 is 1.50 bits per heavy atom. The minimum absolute atomic E-state index is 0.0382. The van der Waals surface area contributed by atoms with E-state index in [1.807, 2.05) is 6.92 Å². The molecule has 4 nitrogen and oxygen atoms in total. The molecule has 0 aromatic heterocycles. The number of hydrogen-bond donors (Lipinski definition) is 2. The molecule has 1 fully saturated rings. The Bertz CT molecular complexity index is 527. The average Bonchev–Trinajstić information content (AvgIpc) is 2.48. The molecule has 1 atom stereocenters. The lowest BCUT2D eigenvalue weighted by atomic mass is 9.78. The van der Waals surface area contributed by atoms with Gasteiger partial charge in [-0.15, -0.1) is 0 Å². The number of halogens is 2. The second-order valence-corrected chi connectivity index (χ2v) is 6.23. The number of nitrogens with one attached hydrogen (secondary N) is 2.